The van der Waals surface area contributed by atoms with E-state index < -0.39 is 5.76 Å². The molecular formula is C17H12INO3. The molecule has 0 fully saturated rings. The first-order valence-electron chi connectivity index (χ1n) is 6.65. The van der Waals surface area contributed by atoms with Crippen LogP contribution in [-0.2, 0) is 0 Å². The van der Waals surface area contributed by atoms with Gasteiger partial charge in [-0.3, -0.25) is 9.78 Å². The number of H-pyrrole nitrogens is 1. The lowest BCUT2D eigenvalue weighted by molar-refractivity contribution is 0.104. The number of carbonyl (C=O) groups is 1. The van der Waals surface area contributed by atoms with Gasteiger partial charge in [-0.25, -0.2) is 4.79 Å². The van der Waals surface area contributed by atoms with E-state index in [2.05, 4.69) is 27.6 Å². The monoisotopic (exact) mass is 405 g/mol. The van der Waals surface area contributed by atoms with Crippen molar-refractivity contribution in [1.29, 1.82) is 0 Å². The topological polar surface area (TPSA) is 63.1 Å². The summed E-state index contributed by atoms with van der Waals surface area (Å²) >= 11 is 2.11. The van der Waals surface area contributed by atoms with Crippen LogP contribution in [0.3, 0.4) is 0 Å². The normalized spacial score (nSPS) is 11.8. The molecule has 5 heteroatoms. The molecule has 22 heavy (non-hydrogen) atoms. The zero-order chi connectivity index (χ0) is 15.7. The highest BCUT2D eigenvalue weighted by atomic mass is 127. The number of aryl methyl sites for hydroxylation is 1. The van der Waals surface area contributed by atoms with Crippen molar-refractivity contribution in [2.75, 3.05) is 0 Å². The number of halogens is 1. The first-order valence-corrected chi connectivity index (χ1v) is 7.73. The predicted octanol–water partition coefficient (Wildman–Crippen LogP) is 4.09. The highest BCUT2D eigenvalue weighted by molar-refractivity contribution is 14.1. The molecule has 3 aromatic rings. The number of nitrogens with one attached hydrogen (secondary N) is 1. The van der Waals surface area contributed by atoms with Crippen LogP contribution in [0.5, 0.6) is 0 Å². The lowest BCUT2D eigenvalue weighted by atomic mass is 10.0. The number of aromatic amines is 1. The summed E-state index contributed by atoms with van der Waals surface area (Å²) in [7, 11) is 0. The van der Waals surface area contributed by atoms with Crippen LogP contribution >= 0.6 is 22.6 Å². The maximum absolute atomic E-state index is 12.4. The van der Waals surface area contributed by atoms with Gasteiger partial charge in [0.15, 0.2) is 11.4 Å². The summed E-state index contributed by atoms with van der Waals surface area (Å²) in [5, 5.41) is 0. The Balaban J connectivity index is 1.97. The van der Waals surface area contributed by atoms with Crippen molar-refractivity contribution >= 4 is 43.1 Å². The fraction of sp³-hybridized carbons (Fsp3) is 0.0588. The molecule has 0 saturated carbocycles. The van der Waals surface area contributed by atoms with Crippen LogP contribution in [0.1, 0.15) is 21.5 Å². The molecular weight excluding hydrogens is 393 g/mol. The Morgan fingerprint density at radius 2 is 2.00 bits per heavy atom. The number of carbonyl (C=O) groups excluding carboxylic acids is 1. The molecule has 0 saturated heterocycles. The molecule has 0 atom stereocenters. The minimum atomic E-state index is -0.484. The quantitative estimate of drug-likeness (QED) is 0.406. The SMILES string of the molecule is Cc1ccccc1C(=O)/C=C(\I)c1ccc2[nH]c(=O)oc2c1. The second-order valence-corrected chi connectivity index (χ2v) is 6.06. The maximum atomic E-state index is 12.4. The van der Waals surface area contributed by atoms with Crippen LogP contribution in [0.15, 0.2) is 57.8 Å². The number of aromatic nitrogens is 1. The van der Waals surface area contributed by atoms with E-state index in [1.807, 2.05) is 37.3 Å². The van der Waals surface area contributed by atoms with Crippen molar-refractivity contribution in [1.82, 2.24) is 4.98 Å². The average Bonchev–Trinajstić information content (AvgIpc) is 2.86. The second-order valence-electron chi connectivity index (χ2n) is 4.90. The van der Waals surface area contributed by atoms with Crippen LogP contribution in [0, 0.1) is 6.92 Å². The number of fused-ring (bicyclic) bond motifs is 1. The summed E-state index contributed by atoms with van der Waals surface area (Å²) in [6.07, 6.45) is 1.59. The predicted molar refractivity (Wildman–Crippen MR) is 94.3 cm³/mol. The average molecular weight is 405 g/mol. The van der Waals surface area contributed by atoms with Gasteiger partial charge in [-0.15, -0.1) is 0 Å². The molecule has 2 aromatic carbocycles. The minimum absolute atomic E-state index is 0.0434. The van der Waals surface area contributed by atoms with Gasteiger partial charge in [0, 0.05) is 15.2 Å². The molecule has 0 unspecified atom stereocenters. The van der Waals surface area contributed by atoms with Gasteiger partial charge in [0.25, 0.3) is 0 Å². The third-order valence-corrected chi connectivity index (χ3v) is 4.30. The van der Waals surface area contributed by atoms with Gasteiger partial charge in [0.2, 0.25) is 0 Å². The smallest absolute Gasteiger partial charge is 0.408 e. The van der Waals surface area contributed by atoms with Gasteiger partial charge in [-0.05, 0) is 52.8 Å². The van der Waals surface area contributed by atoms with Crippen LogP contribution in [-0.4, -0.2) is 10.8 Å². The number of hydrogen-bond donors (Lipinski definition) is 1. The van der Waals surface area contributed by atoms with E-state index >= 15 is 0 Å². The summed E-state index contributed by atoms with van der Waals surface area (Å²) in [5.74, 6) is -0.528. The van der Waals surface area contributed by atoms with Crippen molar-refractivity contribution in [3.05, 3.63) is 75.8 Å². The zero-order valence-electron chi connectivity index (χ0n) is 11.7. The fourth-order valence-electron chi connectivity index (χ4n) is 2.22. The summed E-state index contributed by atoms with van der Waals surface area (Å²) in [6, 6.07) is 12.8. The van der Waals surface area contributed by atoms with E-state index in [-0.39, 0.29) is 5.78 Å². The van der Waals surface area contributed by atoms with E-state index in [9.17, 15) is 9.59 Å². The number of oxazole rings is 1. The number of rotatable bonds is 3. The Labute approximate surface area is 140 Å². The van der Waals surface area contributed by atoms with Crippen molar-refractivity contribution in [3.63, 3.8) is 0 Å². The Kier molecular flexibility index (Phi) is 3.98. The highest BCUT2D eigenvalue weighted by Gasteiger charge is 2.09. The van der Waals surface area contributed by atoms with Crippen LogP contribution in [0.2, 0.25) is 0 Å². The lowest BCUT2D eigenvalue weighted by Crippen LogP contribution is -1.97. The third kappa shape index (κ3) is 2.89. The minimum Gasteiger partial charge on any atom is -0.408 e. The number of ketones is 1. The molecule has 110 valence electrons. The largest absolute Gasteiger partial charge is 0.417 e. The van der Waals surface area contributed by atoms with Gasteiger partial charge in [-0.1, -0.05) is 30.3 Å². The Morgan fingerprint density at radius 3 is 2.77 bits per heavy atom. The van der Waals surface area contributed by atoms with E-state index in [4.69, 9.17) is 4.42 Å². The number of allylic oxidation sites excluding steroid dienone is 1. The number of hydrogen-bond acceptors (Lipinski definition) is 3. The molecule has 4 nitrogen and oxygen atoms in total. The molecule has 1 heterocycles. The molecule has 0 amide bonds. The van der Waals surface area contributed by atoms with Crippen LogP contribution in [0.4, 0.5) is 0 Å². The van der Waals surface area contributed by atoms with Gasteiger partial charge in [0.05, 0.1) is 5.52 Å². The van der Waals surface area contributed by atoms with E-state index in [0.717, 1.165) is 14.7 Å². The summed E-state index contributed by atoms with van der Waals surface area (Å²) in [5.41, 5.74) is 3.58. The molecule has 0 aliphatic rings. The molecule has 0 aliphatic heterocycles. The highest BCUT2D eigenvalue weighted by Crippen LogP contribution is 2.25. The van der Waals surface area contributed by atoms with Gasteiger partial charge in [-0.2, -0.15) is 0 Å². The van der Waals surface area contributed by atoms with Crippen LogP contribution < -0.4 is 5.76 Å². The van der Waals surface area contributed by atoms with Crippen molar-refractivity contribution in [2.24, 2.45) is 0 Å². The lowest BCUT2D eigenvalue weighted by Gasteiger charge is -2.03. The van der Waals surface area contributed by atoms with Gasteiger partial charge < -0.3 is 4.42 Å². The first kappa shape index (κ1) is 14.8. The van der Waals surface area contributed by atoms with E-state index in [0.29, 0.717) is 16.7 Å². The molecule has 0 aliphatic carbocycles. The van der Waals surface area contributed by atoms with Gasteiger partial charge in [0.1, 0.15) is 0 Å². The number of benzene rings is 2. The standard InChI is InChI=1S/C17H12INO3/c1-10-4-2-3-5-12(10)15(20)9-13(18)11-6-7-14-16(8-11)22-17(21)19-14/h2-9H,1H3,(H,19,21)/b13-9-. The van der Waals surface area contributed by atoms with Crippen molar-refractivity contribution < 1.29 is 9.21 Å². The zero-order valence-corrected chi connectivity index (χ0v) is 13.9. The first-order chi connectivity index (χ1) is 10.5. The molecule has 0 bridgehead atoms. The second kappa shape index (κ2) is 5.92. The molecule has 3 rings (SSSR count). The summed E-state index contributed by atoms with van der Waals surface area (Å²) in [6.45, 7) is 1.91. The van der Waals surface area contributed by atoms with Crippen LogP contribution in [0.25, 0.3) is 14.7 Å². The van der Waals surface area contributed by atoms with E-state index in [1.165, 1.54) is 0 Å². The third-order valence-electron chi connectivity index (χ3n) is 3.37. The summed E-state index contributed by atoms with van der Waals surface area (Å²) in [4.78, 5) is 26.1. The van der Waals surface area contributed by atoms with E-state index in [1.54, 1.807) is 18.2 Å². The van der Waals surface area contributed by atoms with Crippen molar-refractivity contribution in [2.45, 2.75) is 6.92 Å². The Morgan fingerprint density at radius 1 is 1.23 bits per heavy atom. The molecule has 0 spiro atoms. The Hall–Kier alpha value is -2.15. The van der Waals surface area contributed by atoms with Crippen molar-refractivity contribution in [3.8, 4) is 0 Å². The molecule has 1 N–H and O–H groups in total. The fourth-order valence-corrected chi connectivity index (χ4v) is 2.84. The Bertz CT molecular complexity index is 950. The molecule has 1 aromatic heterocycles. The maximum Gasteiger partial charge on any atom is 0.417 e. The van der Waals surface area contributed by atoms with Gasteiger partial charge >= 0.3 is 5.76 Å². The molecule has 0 radical (unpaired) electrons. The summed E-state index contributed by atoms with van der Waals surface area (Å²) < 4.78 is 5.83.